The minimum Gasteiger partial charge on any atom is -0.347 e. The molecule has 142 valence electrons. The Morgan fingerprint density at radius 3 is 2.67 bits per heavy atom. The number of carbonyl (C=O) groups is 2. The number of thioether (sulfide) groups is 1. The molecule has 0 aliphatic carbocycles. The Kier molecular flexibility index (Phi) is 5.76. The molecule has 2 unspecified atom stereocenters. The maximum absolute atomic E-state index is 12.7. The van der Waals surface area contributed by atoms with Gasteiger partial charge in [0.1, 0.15) is 10.4 Å². The van der Waals surface area contributed by atoms with Crippen LogP contribution in [0.15, 0.2) is 40.7 Å². The van der Waals surface area contributed by atoms with Crippen LogP contribution in [-0.2, 0) is 19.4 Å². The maximum Gasteiger partial charge on any atom is 0.266 e. The fourth-order valence-corrected chi connectivity index (χ4v) is 5.39. The monoisotopic (exact) mass is 442 g/mol. The van der Waals surface area contributed by atoms with E-state index in [4.69, 9.17) is 23.8 Å². The van der Waals surface area contributed by atoms with Crippen LogP contribution in [0.1, 0.15) is 12.5 Å². The molecule has 2 heterocycles. The second-order valence-corrected chi connectivity index (χ2v) is 10.1. The Bertz CT molecular complexity index is 970. The minimum absolute atomic E-state index is 0.180. The van der Waals surface area contributed by atoms with Crippen molar-refractivity contribution in [1.82, 2.24) is 10.2 Å². The van der Waals surface area contributed by atoms with E-state index in [0.717, 1.165) is 22.7 Å². The van der Waals surface area contributed by atoms with Gasteiger partial charge in [-0.05, 0) is 36.8 Å². The van der Waals surface area contributed by atoms with Gasteiger partial charge in [-0.3, -0.25) is 14.5 Å². The SMILES string of the molecule is CC(C(=O)NC1C=CS(=O)(=O)C1)N1C(=O)/C(=C/c2ccc(Cl)cc2)SC1=S. The van der Waals surface area contributed by atoms with Crippen LogP contribution in [0.5, 0.6) is 0 Å². The molecule has 2 aliphatic heterocycles. The normalized spacial score (nSPS) is 23.9. The molecule has 1 saturated heterocycles. The summed E-state index contributed by atoms with van der Waals surface area (Å²) < 4.78 is 23.2. The van der Waals surface area contributed by atoms with Crippen molar-refractivity contribution in [3.63, 3.8) is 0 Å². The van der Waals surface area contributed by atoms with Crippen molar-refractivity contribution in [3.8, 4) is 0 Å². The average Bonchev–Trinajstić information content (AvgIpc) is 3.07. The van der Waals surface area contributed by atoms with Crippen molar-refractivity contribution in [2.75, 3.05) is 5.75 Å². The van der Waals surface area contributed by atoms with Gasteiger partial charge in [0.25, 0.3) is 5.91 Å². The summed E-state index contributed by atoms with van der Waals surface area (Å²) in [6.45, 7) is 1.55. The zero-order valence-electron chi connectivity index (χ0n) is 14.1. The molecule has 3 rings (SSSR count). The number of hydrogen-bond acceptors (Lipinski definition) is 6. The average molecular weight is 443 g/mol. The highest BCUT2D eigenvalue weighted by Crippen LogP contribution is 2.34. The van der Waals surface area contributed by atoms with Gasteiger partial charge in [0.15, 0.2) is 9.84 Å². The summed E-state index contributed by atoms with van der Waals surface area (Å²) in [5.74, 6) is -1.01. The summed E-state index contributed by atoms with van der Waals surface area (Å²) >= 11 is 12.2. The molecule has 27 heavy (non-hydrogen) atoms. The van der Waals surface area contributed by atoms with Crippen molar-refractivity contribution >= 4 is 67.6 Å². The molecule has 2 atom stereocenters. The van der Waals surface area contributed by atoms with Crippen LogP contribution in [0.25, 0.3) is 6.08 Å². The summed E-state index contributed by atoms with van der Waals surface area (Å²) in [4.78, 5) is 26.8. The number of halogens is 1. The lowest BCUT2D eigenvalue weighted by atomic mass is 10.2. The van der Waals surface area contributed by atoms with Crippen LogP contribution < -0.4 is 5.32 Å². The molecular formula is C17H15ClN2O4S3. The largest absolute Gasteiger partial charge is 0.347 e. The molecule has 2 amide bonds. The number of benzene rings is 1. The Morgan fingerprint density at radius 2 is 2.07 bits per heavy atom. The number of rotatable bonds is 4. The van der Waals surface area contributed by atoms with Crippen molar-refractivity contribution in [1.29, 1.82) is 0 Å². The van der Waals surface area contributed by atoms with Gasteiger partial charge in [-0.2, -0.15) is 0 Å². The highest BCUT2D eigenvalue weighted by atomic mass is 35.5. The fourth-order valence-electron chi connectivity index (χ4n) is 2.61. The van der Waals surface area contributed by atoms with Crippen LogP contribution in [0, 0.1) is 0 Å². The van der Waals surface area contributed by atoms with E-state index in [0.29, 0.717) is 9.93 Å². The second-order valence-electron chi connectivity index (χ2n) is 6.05. The fraction of sp³-hybridized carbons (Fsp3) is 0.235. The number of carbonyl (C=O) groups excluding carboxylic acids is 2. The van der Waals surface area contributed by atoms with E-state index < -0.39 is 27.8 Å². The van der Waals surface area contributed by atoms with Gasteiger partial charge < -0.3 is 5.32 Å². The molecule has 0 bridgehead atoms. The first-order valence-corrected chi connectivity index (χ1v) is 11.2. The van der Waals surface area contributed by atoms with E-state index in [1.807, 2.05) is 0 Å². The third-order valence-corrected chi connectivity index (χ3v) is 6.99. The number of nitrogens with one attached hydrogen (secondary N) is 1. The highest BCUT2D eigenvalue weighted by Gasteiger charge is 2.39. The van der Waals surface area contributed by atoms with Crippen LogP contribution in [0.4, 0.5) is 0 Å². The van der Waals surface area contributed by atoms with E-state index >= 15 is 0 Å². The van der Waals surface area contributed by atoms with Gasteiger partial charge >= 0.3 is 0 Å². The molecule has 0 radical (unpaired) electrons. The molecule has 1 N–H and O–H groups in total. The van der Waals surface area contributed by atoms with Crippen LogP contribution in [-0.4, -0.2) is 47.3 Å². The Balaban J connectivity index is 1.71. The summed E-state index contributed by atoms with van der Waals surface area (Å²) in [6, 6.07) is 5.52. The van der Waals surface area contributed by atoms with Crippen molar-refractivity contribution in [3.05, 3.63) is 51.2 Å². The number of amides is 2. The summed E-state index contributed by atoms with van der Waals surface area (Å²) in [5, 5.41) is 4.29. The molecule has 10 heteroatoms. The molecule has 0 saturated carbocycles. The lowest BCUT2D eigenvalue weighted by Crippen LogP contribution is -2.49. The first-order chi connectivity index (χ1) is 12.7. The van der Waals surface area contributed by atoms with Gasteiger partial charge in [-0.1, -0.05) is 47.7 Å². The second kappa shape index (κ2) is 7.75. The predicted octanol–water partition coefficient (Wildman–Crippen LogP) is 2.36. The third kappa shape index (κ3) is 4.60. The van der Waals surface area contributed by atoms with E-state index in [-0.39, 0.29) is 16.0 Å². The zero-order chi connectivity index (χ0) is 19.8. The van der Waals surface area contributed by atoms with E-state index in [2.05, 4.69) is 5.32 Å². The van der Waals surface area contributed by atoms with Crippen LogP contribution in [0.3, 0.4) is 0 Å². The highest BCUT2D eigenvalue weighted by molar-refractivity contribution is 8.26. The first kappa shape index (κ1) is 20.1. The summed E-state index contributed by atoms with van der Waals surface area (Å²) in [7, 11) is -3.28. The third-order valence-electron chi connectivity index (χ3n) is 4.02. The van der Waals surface area contributed by atoms with Gasteiger partial charge in [0, 0.05) is 10.4 Å². The Morgan fingerprint density at radius 1 is 1.41 bits per heavy atom. The lowest BCUT2D eigenvalue weighted by molar-refractivity contribution is -0.132. The van der Waals surface area contributed by atoms with Crippen molar-refractivity contribution in [2.45, 2.75) is 19.0 Å². The van der Waals surface area contributed by atoms with E-state index in [9.17, 15) is 18.0 Å². The molecule has 6 nitrogen and oxygen atoms in total. The quantitative estimate of drug-likeness (QED) is 0.569. The van der Waals surface area contributed by atoms with Crippen LogP contribution in [0.2, 0.25) is 5.02 Å². The summed E-state index contributed by atoms with van der Waals surface area (Å²) in [5.41, 5.74) is 0.790. The van der Waals surface area contributed by atoms with Gasteiger partial charge in [0.2, 0.25) is 5.91 Å². The van der Waals surface area contributed by atoms with E-state index in [1.165, 1.54) is 11.0 Å². The number of nitrogens with zero attached hydrogens (tertiary/aromatic N) is 1. The molecule has 2 aliphatic rings. The van der Waals surface area contributed by atoms with Gasteiger partial charge in [-0.25, -0.2) is 8.42 Å². The first-order valence-electron chi connectivity index (χ1n) is 7.90. The number of hydrogen-bond donors (Lipinski definition) is 1. The van der Waals surface area contributed by atoms with Gasteiger partial charge in [-0.15, -0.1) is 0 Å². The molecule has 1 aromatic rings. The standard InChI is InChI=1S/C17H15ClN2O4S3/c1-10(15(21)19-13-6-7-27(23,24)9-13)20-16(22)14(26-17(20)25)8-11-2-4-12(18)5-3-11/h2-8,10,13H,9H2,1H3,(H,19,21)/b14-8-. The molecule has 1 aromatic carbocycles. The van der Waals surface area contributed by atoms with Crippen molar-refractivity contribution in [2.24, 2.45) is 0 Å². The smallest absolute Gasteiger partial charge is 0.266 e. The summed E-state index contributed by atoms with van der Waals surface area (Å²) in [6.07, 6.45) is 3.11. The van der Waals surface area contributed by atoms with Crippen LogP contribution >= 0.6 is 35.6 Å². The lowest BCUT2D eigenvalue weighted by Gasteiger charge is -2.23. The maximum atomic E-state index is 12.7. The number of thiocarbonyl (C=S) groups is 1. The Hall–Kier alpha value is -1.68. The van der Waals surface area contributed by atoms with Gasteiger partial charge in [0.05, 0.1) is 16.7 Å². The topological polar surface area (TPSA) is 83.6 Å². The molecule has 0 spiro atoms. The molecular weight excluding hydrogens is 428 g/mol. The Labute approximate surface area is 171 Å². The zero-order valence-corrected chi connectivity index (χ0v) is 17.3. The number of sulfone groups is 1. The van der Waals surface area contributed by atoms with E-state index in [1.54, 1.807) is 37.3 Å². The van der Waals surface area contributed by atoms with Crippen molar-refractivity contribution < 1.29 is 18.0 Å². The minimum atomic E-state index is -3.28. The molecule has 1 fully saturated rings. The predicted molar refractivity (Wildman–Crippen MR) is 111 cm³/mol. The molecule has 0 aromatic heterocycles.